The minimum atomic E-state index is -0.737. The first kappa shape index (κ1) is 15.4. The maximum absolute atomic E-state index is 11.3. The number of ether oxygens (including phenoxy) is 5. The third-order valence-electron chi connectivity index (χ3n) is 3.25. The van der Waals surface area contributed by atoms with Crippen molar-refractivity contribution in [3.63, 3.8) is 0 Å². The van der Waals surface area contributed by atoms with Crippen molar-refractivity contribution in [2.24, 2.45) is 0 Å². The zero-order valence-corrected chi connectivity index (χ0v) is 12.3. The number of fused-ring (bicyclic) bond motifs is 1. The molecular formula is C14H22O6. The summed E-state index contributed by atoms with van der Waals surface area (Å²) in [5.41, 5.74) is 0. The van der Waals surface area contributed by atoms with Gasteiger partial charge >= 0.3 is 5.97 Å². The van der Waals surface area contributed by atoms with Crippen LogP contribution in [0.2, 0.25) is 0 Å². The summed E-state index contributed by atoms with van der Waals surface area (Å²) in [7, 11) is 0. The average molecular weight is 286 g/mol. The minimum absolute atomic E-state index is 0.219. The molecule has 0 spiro atoms. The molecule has 0 radical (unpaired) electrons. The molecule has 5 atom stereocenters. The van der Waals surface area contributed by atoms with Crippen LogP contribution in [0.5, 0.6) is 0 Å². The maximum Gasteiger partial charge on any atom is 0.303 e. The van der Waals surface area contributed by atoms with E-state index in [0.717, 1.165) is 0 Å². The van der Waals surface area contributed by atoms with E-state index in [-0.39, 0.29) is 12.2 Å². The Balaban J connectivity index is 2.18. The Bertz CT molecular complexity index is 380. The SMILES string of the molecule is C=CCO[C@H]1O[C@@H](C)[C@H]2OC(C)(C)O[C@H]2[C@@H]1OC(C)=O. The van der Waals surface area contributed by atoms with Gasteiger partial charge < -0.3 is 23.7 Å². The van der Waals surface area contributed by atoms with Crippen LogP contribution in [0.3, 0.4) is 0 Å². The molecule has 20 heavy (non-hydrogen) atoms. The molecule has 0 amide bonds. The van der Waals surface area contributed by atoms with Crippen molar-refractivity contribution in [2.45, 2.75) is 64.2 Å². The van der Waals surface area contributed by atoms with Crippen LogP contribution in [-0.4, -0.2) is 49.1 Å². The van der Waals surface area contributed by atoms with Crippen molar-refractivity contribution in [2.75, 3.05) is 6.61 Å². The minimum Gasteiger partial charge on any atom is -0.454 e. The molecule has 0 bridgehead atoms. The van der Waals surface area contributed by atoms with Crippen LogP contribution in [0, 0.1) is 0 Å². The van der Waals surface area contributed by atoms with Crippen LogP contribution in [0.15, 0.2) is 12.7 Å². The molecule has 0 aromatic heterocycles. The van der Waals surface area contributed by atoms with Gasteiger partial charge in [-0.1, -0.05) is 6.08 Å². The first-order chi connectivity index (χ1) is 9.34. The van der Waals surface area contributed by atoms with Crippen LogP contribution >= 0.6 is 0 Å². The molecule has 6 nitrogen and oxygen atoms in total. The van der Waals surface area contributed by atoms with Gasteiger partial charge in [-0.05, 0) is 20.8 Å². The molecule has 2 heterocycles. The maximum atomic E-state index is 11.3. The fourth-order valence-corrected chi connectivity index (χ4v) is 2.57. The van der Waals surface area contributed by atoms with Crippen LogP contribution in [0.25, 0.3) is 0 Å². The highest BCUT2D eigenvalue weighted by molar-refractivity contribution is 5.66. The molecule has 0 saturated carbocycles. The number of hydrogen-bond acceptors (Lipinski definition) is 6. The standard InChI is InChI=1S/C14H22O6/c1-6-7-16-13-12(18-9(3)15)11-10(8(2)17-13)19-14(4,5)20-11/h6,8,10-13H,1,7H2,2-5H3/t8-,10+,11+,12-,13-/m0/s1. The normalized spacial score (nSPS) is 39.1. The van der Waals surface area contributed by atoms with Gasteiger partial charge in [0, 0.05) is 6.92 Å². The van der Waals surface area contributed by atoms with Gasteiger partial charge in [-0.25, -0.2) is 0 Å². The first-order valence-corrected chi connectivity index (χ1v) is 6.75. The molecule has 114 valence electrons. The largest absolute Gasteiger partial charge is 0.454 e. The Hall–Kier alpha value is -0.950. The molecule has 2 rings (SSSR count). The summed E-state index contributed by atoms with van der Waals surface area (Å²) >= 11 is 0. The Kier molecular flexibility index (Phi) is 4.49. The monoisotopic (exact) mass is 286 g/mol. The predicted octanol–water partition coefficient (Wildman–Crippen LogP) is 1.39. The molecule has 2 saturated heterocycles. The number of esters is 1. The van der Waals surface area contributed by atoms with E-state index in [1.165, 1.54) is 6.92 Å². The molecule has 2 aliphatic heterocycles. The van der Waals surface area contributed by atoms with Crippen LogP contribution in [-0.2, 0) is 28.5 Å². The van der Waals surface area contributed by atoms with Gasteiger partial charge in [-0.2, -0.15) is 0 Å². The fourth-order valence-electron chi connectivity index (χ4n) is 2.57. The lowest BCUT2D eigenvalue weighted by Crippen LogP contribution is -2.57. The summed E-state index contributed by atoms with van der Waals surface area (Å²) in [5, 5.41) is 0. The van der Waals surface area contributed by atoms with E-state index in [0.29, 0.717) is 6.61 Å². The molecule has 0 unspecified atom stereocenters. The van der Waals surface area contributed by atoms with Crippen molar-refractivity contribution in [1.29, 1.82) is 0 Å². The summed E-state index contributed by atoms with van der Waals surface area (Å²) in [6, 6.07) is 0. The van der Waals surface area contributed by atoms with Crippen LogP contribution in [0.1, 0.15) is 27.7 Å². The van der Waals surface area contributed by atoms with Gasteiger partial charge in [0.05, 0.1) is 12.7 Å². The smallest absolute Gasteiger partial charge is 0.303 e. The molecule has 0 N–H and O–H groups in total. The molecule has 0 aromatic carbocycles. The molecule has 2 fully saturated rings. The van der Waals surface area contributed by atoms with E-state index in [1.807, 2.05) is 20.8 Å². The van der Waals surface area contributed by atoms with Gasteiger partial charge in [-0.15, -0.1) is 6.58 Å². The predicted molar refractivity (Wildman–Crippen MR) is 69.9 cm³/mol. The quantitative estimate of drug-likeness (QED) is 0.575. The fraction of sp³-hybridized carbons (Fsp3) is 0.786. The lowest BCUT2D eigenvalue weighted by molar-refractivity contribution is -0.275. The van der Waals surface area contributed by atoms with E-state index in [4.69, 9.17) is 23.7 Å². The summed E-state index contributed by atoms with van der Waals surface area (Å²) in [6.07, 6.45) is -0.657. The first-order valence-electron chi connectivity index (χ1n) is 6.75. The molecule has 6 heteroatoms. The third kappa shape index (κ3) is 3.20. The third-order valence-corrected chi connectivity index (χ3v) is 3.25. The second kappa shape index (κ2) is 5.81. The number of carbonyl (C=O) groups excluding carboxylic acids is 1. The number of hydrogen-bond donors (Lipinski definition) is 0. The van der Waals surface area contributed by atoms with E-state index < -0.39 is 30.3 Å². The zero-order valence-electron chi connectivity index (χ0n) is 12.3. The average Bonchev–Trinajstić information content (AvgIpc) is 2.67. The van der Waals surface area contributed by atoms with Crippen molar-refractivity contribution in [3.05, 3.63) is 12.7 Å². The van der Waals surface area contributed by atoms with E-state index in [2.05, 4.69) is 6.58 Å². The van der Waals surface area contributed by atoms with Crippen LogP contribution < -0.4 is 0 Å². The Morgan fingerprint density at radius 3 is 2.60 bits per heavy atom. The summed E-state index contributed by atoms with van der Waals surface area (Å²) < 4.78 is 28.3. The highest BCUT2D eigenvalue weighted by Crippen LogP contribution is 2.38. The van der Waals surface area contributed by atoms with Crippen molar-refractivity contribution < 1.29 is 28.5 Å². The molecular weight excluding hydrogens is 264 g/mol. The molecule has 0 aromatic rings. The second-order valence-corrected chi connectivity index (χ2v) is 5.47. The summed E-state index contributed by atoms with van der Waals surface area (Å²) in [5.74, 6) is -1.15. The topological polar surface area (TPSA) is 63.2 Å². The molecule has 0 aliphatic carbocycles. The Labute approximate surface area is 119 Å². The van der Waals surface area contributed by atoms with Gasteiger partial charge in [0.2, 0.25) is 0 Å². The zero-order chi connectivity index (χ0) is 14.9. The second-order valence-electron chi connectivity index (χ2n) is 5.47. The highest BCUT2D eigenvalue weighted by Gasteiger charge is 2.55. The Morgan fingerprint density at radius 1 is 1.35 bits per heavy atom. The van der Waals surface area contributed by atoms with Crippen molar-refractivity contribution >= 4 is 5.97 Å². The van der Waals surface area contributed by atoms with E-state index in [1.54, 1.807) is 6.08 Å². The summed E-state index contributed by atoms with van der Waals surface area (Å²) in [6.45, 7) is 10.8. The van der Waals surface area contributed by atoms with Gasteiger partial charge in [0.1, 0.15) is 12.2 Å². The van der Waals surface area contributed by atoms with E-state index >= 15 is 0 Å². The van der Waals surface area contributed by atoms with E-state index in [9.17, 15) is 4.79 Å². The van der Waals surface area contributed by atoms with Crippen molar-refractivity contribution in [1.82, 2.24) is 0 Å². The number of rotatable bonds is 4. The van der Waals surface area contributed by atoms with Crippen molar-refractivity contribution in [3.8, 4) is 0 Å². The highest BCUT2D eigenvalue weighted by atomic mass is 16.8. The number of carbonyl (C=O) groups is 1. The van der Waals surface area contributed by atoms with Gasteiger partial charge in [0.15, 0.2) is 18.2 Å². The Morgan fingerprint density at radius 2 is 2.00 bits per heavy atom. The van der Waals surface area contributed by atoms with Gasteiger partial charge in [-0.3, -0.25) is 4.79 Å². The van der Waals surface area contributed by atoms with Crippen LogP contribution in [0.4, 0.5) is 0 Å². The molecule has 2 aliphatic rings. The van der Waals surface area contributed by atoms with Gasteiger partial charge in [0.25, 0.3) is 0 Å². The lowest BCUT2D eigenvalue weighted by atomic mass is 10.00. The lowest BCUT2D eigenvalue weighted by Gasteiger charge is -2.39. The summed E-state index contributed by atoms with van der Waals surface area (Å²) in [4.78, 5) is 11.3.